The fourth-order valence-corrected chi connectivity index (χ4v) is 2.86. The molecule has 0 atom stereocenters. The first-order valence-electron chi connectivity index (χ1n) is 6.45. The Morgan fingerprint density at radius 1 is 1.36 bits per heavy atom. The number of halogens is 3. The molecule has 0 radical (unpaired) electrons. The number of rotatable bonds is 2. The Bertz CT molecular complexity index is 693. The van der Waals surface area contributed by atoms with Crippen molar-refractivity contribution in [3.63, 3.8) is 0 Å². The molecule has 1 fully saturated rings. The zero-order valence-corrected chi connectivity index (χ0v) is 12.1. The highest BCUT2D eigenvalue weighted by Gasteiger charge is 2.30. The van der Waals surface area contributed by atoms with Crippen LogP contribution < -0.4 is 0 Å². The lowest BCUT2D eigenvalue weighted by atomic mass is 10.1. The Kier molecular flexibility index (Phi) is 3.88. The molecular formula is C14H11F3N2O2S. The lowest BCUT2D eigenvalue weighted by Gasteiger charge is -2.10. The minimum atomic E-state index is -4.41. The molecule has 1 aromatic heterocycles. The summed E-state index contributed by atoms with van der Waals surface area (Å²) in [4.78, 5) is 17.8. The molecule has 0 bridgehead atoms. The summed E-state index contributed by atoms with van der Waals surface area (Å²) in [5, 5.41) is 1.83. The predicted octanol–water partition coefficient (Wildman–Crippen LogP) is 3.26. The first-order valence-corrected chi connectivity index (χ1v) is 7.33. The molecule has 1 aliphatic heterocycles. The monoisotopic (exact) mass is 328 g/mol. The quantitative estimate of drug-likeness (QED) is 0.850. The van der Waals surface area contributed by atoms with Gasteiger partial charge in [0.15, 0.2) is 5.01 Å². The average Bonchev–Trinajstić information content (AvgIpc) is 3.17. The van der Waals surface area contributed by atoms with Gasteiger partial charge in [-0.25, -0.2) is 4.98 Å². The van der Waals surface area contributed by atoms with Crippen molar-refractivity contribution in [1.29, 1.82) is 0 Å². The van der Waals surface area contributed by atoms with E-state index in [0.717, 1.165) is 23.5 Å². The first-order chi connectivity index (χ1) is 10.4. The van der Waals surface area contributed by atoms with Crippen LogP contribution in [0.5, 0.6) is 0 Å². The van der Waals surface area contributed by atoms with E-state index in [-0.39, 0.29) is 17.6 Å². The minimum absolute atomic E-state index is 0.220. The standard InChI is InChI=1S/C14H11F3N2O2S/c15-14(16,17)10-3-1-2-9(6-10)11-7-22-12(18-11)13(20)19-4-5-21-8-19/h1-3,6-7H,4-5,8H2. The maximum atomic E-state index is 12.7. The zero-order chi connectivity index (χ0) is 15.7. The number of nitrogens with zero attached hydrogens (tertiary/aromatic N) is 2. The summed E-state index contributed by atoms with van der Waals surface area (Å²) >= 11 is 1.11. The second-order valence-corrected chi connectivity index (χ2v) is 5.58. The van der Waals surface area contributed by atoms with Gasteiger partial charge < -0.3 is 9.64 Å². The van der Waals surface area contributed by atoms with Crippen molar-refractivity contribution in [3.05, 3.63) is 40.2 Å². The summed E-state index contributed by atoms with van der Waals surface area (Å²) in [7, 11) is 0. The highest BCUT2D eigenvalue weighted by Crippen LogP contribution is 2.32. The van der Waals surface area contributed by atoms with E-state index in [0.29, 0.717) is 24.4 Å². The molecule has 1 aromatic carbocycles. The predicted molar refractivity (Wildman–Crippen MR) is 74.4 cm³/mol. The van der Waals surface area contributed by atoms with Gasteiger partial charge in [0.2, 0.25) is 0 Å². The van der Waals surface area contributed by atoms with Crippen LogP contribution in [-0.4, -0.2) is 35.7 Å². The molecule has 116 valence electrons. The van der Waals surface area contributed by atoms with Gasteiger partial charge >= 0.3 is 6.18 Å². The molecule has 1 aliphatic rings. The van der Waals surface area contributed by atoms with E-state index in [1.54, 1.807) is 5.38 Å². The molecular weight excluding hydrogens is 317 g/mol. The summed E-state index contributed by atoms with van der Waals surface area (Å²) in [6, 6.07) is 4.90. The Balaban J connectivity index is 1.86. The summed E-state index contributed by atoms with van der Waals surface area (Å²) in [5.41, 5.74) is -0.0406. The number of hydrogen-bond acceptors (Lipinski definition) is 4. The number of thiazole rings is 1. The molecule has 8 heteroatoms. The minimum Gasteiger partial charge on any atom is -0.359 e. The molecule has 2 heterocycles. The van der Waals surface area contributed by atoms with Gasteiger partial charge in [-0.05, 0) is 12.1 Å². The van der Waals surface area contributed by atoms with Crippen molar-refractivity contribution in [2.24, 2.45) is 0 Å². The number of carbonyl (C=O) groups excluding carboxylic acids is 1. The van der Waals surface area contributed by atoms with Crippen LogP contribution in [0.1, 0.15) is 15.4 Å². The molecule has 0 unspecified atom stereocenters. The van der Waals surface area contributed by atoms with E-state index in [9.17, 15) is 18.0 Å². The van der Waals surface area contributed by atoms with Crippen LogP contribution in [0.15, 0.2) is 29.6 Å². The third-order valence-electron chi connectivity index (χ3n) is 3.21. The Morgan fingerprint density at radius 3 is 2.86 bits per heavy atom. The van der Waals surface area contributed by atoms with Crippen LogP contribution in [0.4, 0.5) is 13.2 Å². The SMILES string of the molecule is O=C(c1nc(-c2cccc(C(F)(F)F)c2)cs1)N1CCOC1. The van der Waals surface area contributed by atoms with Crippen LogP contribution in [-0.2, 0) is 10.9 Å². The van der Waals surface area contributed by atoms with Crippen LogP contribution in [0.2, 0.25) is 0 Å². The Morgan fingerprint density at radius 2 is 2.18 bits per heavy atom. The van der Waals surface area contributed by atoms with Crippen LogP contribution >= 0.6 is 11.3 Å². The van der Waals surface area contributed by atoms with E-state index in [4.69, 9.17) is 4.74 Å². The lowest BCUT2D eigenvalue weighted by Crippen LogP contribution is -2.28. The second-order valence-electron chi connectivity index (χ2n) is 4.72. The van der Waals surface area contributed by atoms with E-state index < -0.39 is 11.7 Å². The van der Waals surface area contributed by atoms with Gasteiger partial charge in [-0.15, -0.1) is 11.3 Å². The molecule has 0 N–H and O–H groups in total. The molecule has 3 rings (SSSR count). The molecule has 0 saturated carbocycles. The molecule has 4 nitrogen and oxygen atoms in total. The lowest BCUT2D eigenvalue weighted by molar-refractivity contribution is -0.137. The van der Waals surface area contributed by atoms with Gasteiger partial charge in [-0.3, -0.25) is 4.79 Å². The van der Waals surface area contributed by atoms with Crippen molar-refractivity contribution in [2.45, 2.75) is 6.18 Å². The number of hydrogen-bond donors (Lipinski definition) is 0. The van der Waals surface area contributed by atoms with Crippen molar-refractivity contribution in [3.8, 4) is 11.3 Å². The summed E-state index contributed by atoms with van der Waals surface area (Å²) in [6.07, 6.45) is -4.41. The highest BCUT2D eigenvalue weighted by atomic mass is 32.1. The number of ether oxygens (including phenoxy) is 1. The summed E-state index contributed by atoms with van der Waals surface area (Å²) < 4.78 is 43.3. The molecule has 1 amide bonds. The molecule has 2 aromatic rings. The summed E-state index contributed by atoms with van der Waals surface area (Å²) in [5.74, 6) is -0.263. The van der Waals surface area contributed by atoms with E-state index >= 15 is 0 Å². The Hall–Kier alpha value is -1.93. The zero-order valence-electron chi connectivity index (χ0n) is 11.3. The number of aromatic nitrogens is 1. The first kappa shape index (κ1) is 15.0. The highest BCUT2D eigenvalue weighted by molar-refractivity contribution is 7.12. The fraction of sp³-hybridized carbons (Fsp3) is 0.286. The molecule has 0 spiro atoms. The number of benzene rings is 1. The molecule has 1 saturated heterocycles. The van der Waals surface area contributed by atoms with Gasteiger partial charge in [0.1, 0.15) is 6.73 Å². The smallest absolute Gasteiger partial charge is 0.359 e. The van der Waals surface area contributed by atoms with Crippen LogP contribution in [0.3, 0.4) is 0 Å². The van der Waals surface area contributed by atoms with Crippen molar-refractivity contribution in [1.82, 2.24) is 9.88 Å². The Labute approximate surface area is 128 Å². The second kappa shape index (κ2) is 5.69. The van der Waals surface area contributed by atoms with E-state index in [2.05, 4.69) is 4.98 Å². The average molecular weight is 328 g/mol. The third-order valence-corrected chi connectivity index (χ3v) is 4.04. The van der Waals surface area contributed by atoms with Gasteiger partial charge in [0.05, 0.1) is 17.9 Å². The summed E-state index contributed by atoms with van der Waals surface area (Å²) in [6.45, 7) is 1.20. The maximum absolute atomic E-state index is 12.7. The van der Waals surface area contributed by atoms with Gasteiger partial charge in [-0.2, -0.15) is 13.2 Å². The fourth-order valence-electron chi connectivity index (χ4n) is 2.07. The molecule has 22 heavy (non-hydrogen) atoms. The largest absolute Gasteiger partial charge is 0.416 e. The third kappa shape index (κ3) is 2.97. The topological polar surface area (TPSA) is 42.4 Å². The van der Waals surface area contributed by atoms with Crippen molar-refractivity contribution in [2.75, 3.05) is 19.9 Å². The number of amides is 1. The van der Waals surface area contributed by atoms with Crippen LogP contribution in [0.25, 0.3) is 11.3 Å². The van der Waals surface area contributed by atoms with Gasteiger partial charge in [0, 0.05) is 17.5 Å². The van der Waals surface area contributed by atoms with E-state index in [1.165, 1.54) is 17.0 Å². The van der Waals surface area contributed by atoms with Crippen molar-refractivity contribution >= 4 is 17.2 Å². The maximum Gasteiger partial charge on any atom is 0.416 e. The van der Waals surface area contributed by atoms with Crippen molar-refractivity contribution < 1.29 is 22.7 Å². The number of alkyl halides is 3. The molecule has 0 aliphatic carbocycles. The number of carbonyl (C=O) groups is 1. The van der Waals surface area contributed by atoms with Gasteiger partial charge in [-0.1, -0.05) is 12.1 Å². The van der Waals surface area contributed by atoms with E-state index in [1.807, 2.05) is 0 Å². The van der Waals surface area contributed by atoms with Crippen LogP contribution in [0, 0.1) is 0 Å². The normalized spacial score (nSPS) is 15.3. The van der Waals surface area contributed by atoms with Gasteiger partial charge in [0.25, 0.3) is 5.91 Å².